The molecule has 0 aliphatic rings. The van der Waals surface area contributed by atoms with E-state index in [1.165, 1.54) is 7.11 Å². The Kier molecular flexibility index (Phi) is 5.50. The summed E-state index contributed by atoms with van der Waals surface area (Å²) >= 11 is 0. The molecular weight excluding hydrogens is 250 g/mol. The maximum atomic E-state index is 12.1. The molecule has 0 aliphatic carbocycles. The number of carboxylic acid groups (broad SMARTS) is 1. The summed E-state index contributed by atoms with van der Waals surface area (Å²) < 4.78 is 6.32. The van der Waals surface area contributed by atoms with Gasteiger partial charge in [0.2, 0.25) is 0 Å². The van der Waals surface area contributed by atoms with Gasteiger partial charge in [-0.15, -0.1) is 0 Å². The Morgan fingerprint density at radius 2 is 2.21 bits per heavy atom. The van der Waals surface area contributed by atoms with Gasteiger partial charge in [0, 0.05) is 13.7 Å². The minimum atomic E-state index is -1.13. The molecule has 0 fully saturated rings. The molecule has 1 unspecified atom stereocenters. The van der Waals surface area contributed by atoms with Gasteiger partial charge in [0.1, 0.15) is 5.69 Å². The fraction of sp³-hybridized carbons (Fsp3) is 0.583. The quantitative estimate of drug-likeness (QED) is 0.742. The van der Waals surface area contributed by atoms with Crippen LogP contribution in [0, 0.1) is 0 Å². The van der Waals surface area contributed by atoms with Crippen LogP contribution in [0.5, 0.6) is 0 Å². The Morgan fingerprint density at radius 1 is 1.53 bits per heavy atom. The van der Waals surface area contributed by atoms with Gasteiger partial charge in [0.25, 0.3) is 5.91 Å². The van der Waals surface area contributed by atoms with Crippen LogP contribution in [0.2, 0.25) is 0 Å². The minimum absolute atomic E-state index is 0.0814. The molecule has 0 aromatic carbocycles. The number of carbonyl (C=O) groups excluding carboxylic acids is 1. The van der Waals surface area contributed by atoms with Gasteiger partial charge in [0.05, 0.1) is 12.3 Å². The van der Waals surface area contributed by atoms with E-state index in [9.17, 15) is 9.59 Å². The molecule has 1 aromatic heterocycles. The molecule has 0 radical (unpaired) electrons. The number of rotatable bonds is 7. The van der Waals surface area contributed by atoms with Crippen LogP contribution < -0.4 is 5.32 Å². The molecule has 0 aliphatic heterocycles. The SMILES string of the molecule is CCc1cc(C(=O)NC(COC)C(=O)O)n(CC)n1. The van der Waals surface area contributed by atoms with Crippen molar-refractivity contribution in [1.29, 1.82) is 0 Å². The summed E-state index contributed by atoms with van der Waals surface area (Å²) in [6.07, 6.45) is 0.716. The van der Waals surface area contributed by atoms with Gasteiger partial charge in [0.15, 0.2) is 6.04 Å². The van der Waals surface area contributed by atoms with Gasteiger partial charge >= 0.3 is 5.97 Å². The molecule has 1 rings (SSSR count). The summed E-state index contributed by atoms with van der Waals surface area (Å²) in [5, 5.41) is 15.6. The van der Waals surface area contributed by atoms with Crippen LogP contribution in [-0.4, -0.2) is 46.5 Å². The van der Waals surface area contributed by atoms with Crippen LogP contribution in [0.25, 0.3) is 0 Å². The zero-order valence-corrected chi connectivity index (χ0v) is 11.3. The van der Waals surface area contributed by atoms with E-state index in [1.54, 1.807) is 10.7 Å². The number of nitrogens with one attached hydrogen (secondary N) is 1. The second-order valence-corrected chi connectivity index (χ2v) is 4.01. The number of ether oxygens (including phenoxy) is 1. The Bertz CT molecular complexity index is 456. The smallest absolute Gasteiger partial charge is 0.328 e. The number of carbonyl (C=O) groups is 2. The van der Waals surface area contributed by atoms with Crippen molar-refractivity contribution in [3.05, 3.63) is 17.5 Å². The largest absolute Gasteiger partial charge is 0.480 e. The lowest BCUT2D eigenvalue weighted by atomic mass is 10.2. The van der Waals surface area contributed by atoms with Gasteiger partial charge in [-0.25, -0.2) is 4.79 Å². The molecule has 7 heteroatoms. The first-order valence-corrected chi connectivity index (χ1v) is 6.12. The third-order valence-electron chi connectivity index (χ3n) is 2.66. The van der Waals surface area contributed by atoms with E-state index in [0.29, 0.717) is 18.7 Å². The molecule has 0 bridgehead atoms. The maximum Gasteiger partial charge on any atom is 0.328 e. The summed E-state index contributed by atoms with van der Waals surface area (Å²) in [6, 6.07) is 0.604. The zero-order valence-electron chi connectivity index (χ0n) is 11.3. The molecule has 0 saturated carbocycles. The summed E-state index contributed by atoms with van der Waals surface area (Å²) in [7, 11) is 1.38. The fourth-order valence-electron chi connectivity index (χ4n) is 1.64. The van der Waals surface area contributed by atoms with Crippen molar-refractivity contribution >= 4 is 11.9 Å². The van der Waals surface area contributed by atoms with Crippen LogP contribution in [0.15, 0.2) is 6.07 Å². The Morgan fingerprint density at radius 3 is 2.68 bits per heavy atom. The first kappa shape index (κ1) is 15.2. The number of aryl methyl sites for hydroxylation is 2. The zero-order chi connectivity index (χ0) is 14.4. The number of nitrogens with zero attached hydrogens (tertiary/aromatic N) is 2. The van der Waals surface area contributed by atoms with Crippen LogP contribution in [0.1, 0.15) is 30.0 Å². The van der Waals surface area contributed by atoms with E-state index in [0.717, 1.165) is 5.69 Å². The first-order valence-electron chi connectivity index (χ1n) is 6.12. The number of amides is 1. The number of aromatic nitrogens is 2. The molecule has 1 amide bonds. The topological polar surface area (TPSA) is 93.5 Å². The first-order chi connectivity index (χ1) is 9.03. The number of hydrogen-bond donors (Lipinski definition) is 2. The predicted octanol–water partition coefficient (Wildman–Crippen LogP) is 0.295. The Balaban J connectivity index is 2.87. The van der Waals surface area contributed by atoms with Crippen molar-refractivity contribution in [2.45, 2.75) is 32.9 Å². The van der Waals surface area contributed by atoms with Gasteiger partial charge < -0.3 is 15.2 Å². The second-order valence-electron chi connectivity index (χ2n) is 4.01. The number of hydrogen-bond acceptors (Lipinski definition) is 4. The molecule has 2 N–H and O–H groups in total. The van der Waals surface area contributed by atoms with Crippen LogP contribution in [0.4, 0.5) is 0 Å². The van der Waals surface area contributed by atoms with Crippen LogP contribution >= 0.6 is 0 Å². The lowest BCUT2D eigenvalue weighted by molar-refractivity contribution is -0.140. The van der Waals surface area contributed by atoms with Crippen molar-refractivity contribution in [2.24, 2.45) is 0 Å². The van der Waals surface area contributed by atoms with Gasteiger partial charge in [-0.3, -0.25) is 9.48 Å². The van der Waals surface area contributed by atoms with E-state index in [4.69, 9.17) is 9.84 Å². The molecule has 1 atom stereocenters. The maximum absolute atomic E-state index is 12.1. The highest BCUT2D eigenvalue weighted by atomic mass is 16.5. The number of carboxylic acids is 1. The summed E-state index contributed by atoms with van der Waals surface area (Å²) in [6.45, 7) is 4.27. The highest BCUT2D eigenvalue weighted by Gasteiger charge is 2.22. The lowest BCUT2D eigenvalue weighted by Gasteiger charge is -2.13. The van der Waals surface area contributed by atoms with E-state index >= 15 is 0 Å². The average molecular weight is 269 g/mol. The lowest BCUT2D eigenvalue weighted by Crippen LogP contribution is -2.44. The third-order valence-corrected chi connectivity index (χ3v) is 2.66. The van der Waals surface area contributed by atoms with E-state index in [-0.39, 0.29) is 6.61 Å². The minimum Gasteiger partial charge on any atom is -0.480 e. The molecule has 0 spiro atoms. The normalized spacial score (nSPS) is 12.2. The van der Waals surface area contributed by atoms with Crippen molar-refractivity contribution in [1.82, 2.24) is 15.1 Å². The molecule has 106 valence electrons. The molecule has 19 heavy (non-hydrogen) atoms. The highest BCUT2D eigenvalue weighted by Crippen LogP contribution is 2.06. The van der Waals surface area contributed by atoms with Crippen molar-refractivity contribution < 1.29 is 19.4 Å². The van der Waals surface area contributed by atoms with Gasteiger partial charge in [-0.2, -0.15) is 5.10 Å². The molecule has 0 saturated heterocycles. The van der Waals surface area contributed by atoms with Crippen molar-refractivity contribution in [2.75, 3.05) is 13.7 Å². The summed E-state index contributed by atoms with van der Waals surface area (Å²) in [5.41, 5.74) is 1.16. The van der Waals surface area contributed by atoms with Crippen LogP contribution in [-0.2, 0) is 22.5 Å². The van der Waals surface area contributed by atoms with E-state index in [1.807, 2.05) is 13.8 Å². The monoisotopic (exact) mass is 269 g/mol. The summed E-state index contributed by atoms with van der Waals surface area (Å²) in [4.78, 5) is 23.0. The second kappa shape index (κ2) is 6.89. The molecule has 7 nitrogen and oxygen atoms in total. The Hall–Kier alpha value is -1.89. The number of methoxy groups -OCH3 is 1. The van der Waals surface area contributed by atoms with Gasteiger partial charge in [-0.1, -0.05) is 6.92 Å². The highest BCUT2D eigenvalue weighted by molar-refractivity contribution is 5.95. The fourth-order valence-corrected chi connectivity index (χ4v) is 1.64. The summed E-state index contributed by atoms with van der Waals surface area (Å²) in [5.74, 6) is -1.59. The molecular formula is C12H19N3O4. The van der Waals surface area contributed by atoms with E-state index in [2.05, 4.69) is 10.4 Å². The third kappa shape index (κ3) is 3.78. The Labute approximate surface area is 111 Å². The predicted molar refractivity (Wildman–Crippen MR) is 68.0 cm³/mol. The average Bonchev–Trinajstić information content (AvgIpc) is 2.81. The van der Waals surface area contributed by atoms with E-state index < -0.39 is 17.9 Å². The van der Waals surface area contributed by atoms with Crippen molar-refractivity contribution in [3.63, 3.8) is 0 Å². The number of aliphatic carboxylic acids is 1. The van der Waals surface area contributed by atoms with Crippen molar-refractivity contribution in [3.8, 4) is 0 Å². The molecule has 1 aromatic rings. The van der Waals surface area contributed by atoms with Gasteiger partial charge in [-0.05, 0) is 19.4 Å². The standard InChI is InChI=1S/C12H19N3O4/c1-4-8-6-10(15(5-2)14-8)11(16)13-9(7-19-3)12(17)18/h6,9H,4-5,7H2,1-3H3,(H,13,16)(H,17,18). The van der Waals surface area contributed by atoms with Crippen LogP contribution in [0.3, 0.4) is 0 Å². The molecule has 1 heterocycles.